The molecule has 0 radical (unpaired) electrons. The highest BCUT2D eigenvalue weighted by Crippen LogP contribution is 2.39. The molecule has 2 rings (SSSR count). The third-order valence-corrected chi connectivity index (χ3v) is 3.89. The Hall–Kier alpha value is -2.24. The summed E-state index contributed by atoms with van der Waals surface area (Å²) in [6, 6.07) is 7.13. The molecule has 1 fully saturated rings. The van der Waals surface area contributed by atoms with E-state index < -0.39 is 0 Å². The number of oxime groups is 1. The van der Waals surface area contributed by atoms with Gasteiger partial charge in [-0.3, -0.25) is 4.79 Å². The van der Waals surface area contributed by atoms with Crippen molar-refractivity contribution < 1.29 is 14.7 Å². The molecule has 0 aliphatic heterocycles. The zero-order chi connectivity index (χ0) is 15.3. The number of hydrogen-bond acceptors (Lipinski definition) is 4. The number of benzene rings is 1. The van der Waals surface area contributed by atoms with Gasteiger partial charge in [-0.05, 0) is 25.0 Å². The number of carbonyl (C=O) groups is 1. The number of carbonyl (C=O) groups excluding carboxylic acids is 1. The molecule has 4 N–H and O–H groups in total. The van der Waals surface area contributed by atoms with E-state index in [4.69, 9.17) is 15.7 Å². The van der Waals surface area contributed by atoms with Gasteiger partial charge in [0.1, 0.15) is 12.4 Å². The average Bonchev–Trinajstić information content (AvgIpc) is 2.94. The number of para-hydroxylation sites is 2. The number of amidine groups is 1. The first-order valence-corrected chi connectivity index (χ1v) is 7.05. The first-order valence-electron chi connectivity index (χ1n) is 7.05. The summed E-state index contributed by atoms with van der Waals surface area (Å²) in [6.07, 6.45) is 4.00. The number of ether oxygens (including phenoxy) is 1. The summed E-state index contributed by atoms with van der Waals surface area (Å²) in [6.45, 7) is 1.95. The summed E-state index contributed by atoms with van der Waals surface area (Å²) in [7, 11) is 0. The van der Waals surface area contributed by atoms with Crippen molar-refractivity contribution in [3.8, 4) is 5.75 Å². The van der Waals surface area contributed by atoms with E-state index in [9.17, 15) is 4.79 Å². The van der Waals surface area contributed by atoms with E-state index in [0.717, 1.165) is 25.7 Å². The molecule has 6 nitrogen and oxygen atoms in total. The highest BCUT2D eigenvalue weighted by molar-refractivity contribution is 5.96. The topological polar surface area (TPSA) is 96.9 Å². The molecule has 0 heterocycles. The minimum atomic E-state index is -0.307. The van der Waals surface area contributed by atoms with Crippen molar-refractivity contribution >= 4 is 17.4 Å². The molecule has 1 aliphatic rings. The monoisotopic (exact) mass is 291 g/mol. The van der Waals surface area contributed by atoms with Crippen LogP contribution in [0.3, 0.4) is 0 Å². The van der Waals surface area contributed by atoms with Crippen molar-refractivity contribution in [2.24, 2.45) is 16.3 Å². The third kappa shape index (κ3) is 3.65. The van der Waals surface area contributed by atoms with Gasteiger partial charge in [0.15, 0.2) is 5.84 Å². The first kappa shape index (κ1) is 15.2. The van der Waals surface area contributed by atoms with E-state index in [2.05, 4.69) is 10.5 Å². The fourth-order valence-corrected chi connectivity index (χ4v) is 2.53. The molecule has 0 spiro atoms. The van der Waals surface area contributed by atoms with Crippen LogP contribution in [0.5, 0.6) is 5.75 Å². The number of nitrogens with zero attached hydrogens (tertiary/aromatic N) is 1. The number of nitrogens with one attached hydrogen (secondary N) is 1. The van der Waals surface area contributed by atoms with Crippen LogP contribution in [0.25, 0.3) is 0 Å². The minimum absolute atomic E-state index is 0.0137. The molecule has 1 aromatic carbocycles. The average molecular weight is 291 g/mol. The first-order chi connectivity index (χ1) is 10.0. The van der Waals surface area contributed by atoms with Crippen molar-refractivity contribution in [3.63, 3.8) is 0 Å². The van der Waals surface area contributed by atoms with Gasteiger partial charge in [-0.15, -0.1) is 0 Å². The predicted molar refractivity (Wildman–Crippen MR) is 80.6 cm³/mol. The van der Waals surface area contributed by atoms with Crippen LogP contribution in [0.2, 0.25) is 0 Å². The van der Waals surface area contributed by atoms with Gasteiger partial charge < -0.3 is 21.0 Å². The SMILES string of the molecule is CC1(C(=O)Nc2ccccc2OC/C(N)=N/O)CCCC1. The van der Waals surface area contributed by atoms with Crippen LogP contribution in [0.1, 0.15) is 32.6 Å². The van der Waals surface area contributed by atoms with Crippen LogP contribution in [0, 0.1) is 5.41 Å². The van der Waals surface area contributed by atoms with Gasteiger partial charge in [0, 0.05) is 5.41 Å². The van der Waals surface area contributed by atoms with Gasteiger partial charge in [-0.2, -0.15) is 0 Å². The maximum absolute atomic E-state index is 12.4. The Morgan fingerprint density at radius 3 is 2.76 bits per heavy atom. The largest absolute Gasteiger partial charge is 0.483 e. The lowest BCUT2D eigenvalue weighted by Crippen LogP contribution is -2.31. The molecule has 21 heavy (non-hydrogen) atoms. The maximum atomic E-state index is 12.4. The van der Waals surface area contributed by atoms with Crippen molar-refractivity contribution in [1.82, 2.24) is 0 Å². The second-order valence-electron chi connectivity index (χ2n) is 5.60. The lowest BCUT2D eigenvalue weighted by atomic mass is 9.88. The van der Waals surface area contributed by atoms with E-state index in [0.29, 0.717) is 11.4 Å². The summed E-state index contributed by atoms with van der Waals surface area (Å²) in [5.74, 6) is 0.484. The van der Waals surface area contributed by atoms with Crippen LogP contribution in [0.15, 0.2) is 29.4 Å². The molecule has 1 aliphatic carbocycles. The number of amides is 1. The smallest absolute Gasteiger partial charge is 0.230 e. The van der Waals surface area contributed by atoms with Crippen molar-refractivity contribution in [3.05, 3.63) is 24.3 Å². The van der Waals surface area contributed by atoms with E-state index in [1.165, 1.54) is 0 Å². The summed E-state index contributed by atoms with van der Waals surface area (Å²) in [4.78, 5) is 12.4. The Morgan fingerprint density at radius 2 is 2.10 bits per heavy atom. The van der Waals surface area contributed by atoms with Gasteiger partial charge in [-0.1, -0.05) is 37.1 Å². The molecule has 1 aromatic rings. The zero-order valence-corrected chi connectivity index (χ0v) is 12.1. The molecule has 0 atom stereocenters. The highest BCUT2D eigenvalue weighted by atomic mass is 16.5. The number of anilines is 1. The fraction of sp³-hybridized carbons (Fsp3) is 0.467. The lowest BCUT2D eigenvalue weighted by Gasteiger charge is -2.23. The Bertz CT molecular complexity index is 537. The van der Waals surface area contributed by atoms with E-state index in [1.807, 2.05) is 13.0 Å². The van der Waals surface area contributed by atoms with Gasteiger partial charge in [-0.25, -0.2) is 0 Å². The summed E-state index contributed by atoms with van der Waals surface area (Å²) in [5.41, 5.74) is 5.67. The summed E-state index contributed by atoms with van der Waals surface area (Å²) in [5, 5.41) is 14.3. The van der Waals surface area contributed by atoms with Gasteiger partial charge in [0.2, 0.25) is 5.91 Å². The Kier molecular flexibility index (Phi) is 4.67. The summed E-state index contributed by atoms with van der Waals surface area (Å²) < 4.78 is 5.46. The van der Waals surface area contributed by atoms with E-state index >= 15 is 0 Å². The third-order valence-electron chi connectivity index (χ3n) is 3.89. The van der Waals surface area contributed by atoms with Crippen molar-refractivity contribution in [2.75, 3.05) is 11.9 Å². The van der Waals surface area contributed by atoms with Crippen molar-refractivity contribution in [2.45, 2.75) is 32.6 Å². The molecule has 114 valence electrons. The Morgan fingerprint density at radius 1 is 1.43 bits per heavy atom. The molecule has 1 saturated carbocycles. The molecule has 0 aromatic heterocycles. The molecular formula is C15H21N3O3. The van der Waals surface area contributed by atoms with Crippen LogP contribution in [0.4, 0.5) is 5.69 Å². The quantitative estimate of drug-likeness (QED) is 0.336. The molecule has 0 unspecified atom stereocenters. The minimum Gasteiger partial charge on any atom is -0.483 e. The van der Waals surface area contributed by atoms with Crippen LogP contribution < -0.4 is 15.8 Å². The second kappa shape index (κ2) is 6.47. The van der Waals surface area contributed by atoms with Crippen molar-refractivity contribution in [1.29, 1.82) is 0 Å². The molecule has 0 bridgehead atoms. The number of rotatable bonds is 5. The Balaban J connectivity index is 2.07. The maximum Gasteiger partial charge on any atom is 0.230 e. The van der Waals surface area contributed by atoms with Crippen LogP contribution >= 0.6 is 0 Å². The molecule has 0 saturated heterocycles. The highest BCUT2D eigenvalue weighted by Gasteiger charge is 2.36. The molecule has 6 heteroatoms. The van der Waals surface area contributed by atoms with E-state index in [-0.39, 0.29) is 23.8 Å². The standard InChI is InChI=1S/C15H21N3O3/c1-15(8-4-5-9-15)14(19)17-11-6-2-3-7-12(11)21-10-13(16)18-20/h2-3,6-7,20H,4-5,8-10H2,1H3,(H2,16,18)(H,17,19). The van der Waals surface area contributed by atoms with Crippen LogP contribution in [-0.2, 0) is 4.79 Å². The molecule has 1 amide bonds. The Labute approximate surface area is 124 Å². The molecular weight excluding hydrogens is 270 g/mol. The van der Waals surface area contributed by atoms with E-state index in [1.54, 1.807) is 18.2 Å². The fourth-order valence-electron chi connectivity index (χ4n) is 2.53. The number of hydrogen-bond donors (Lipinski definition) is 3. The van der Waals surface area contributed by atoms with Crippen LogP contribution in [-0.4, -0.2) is 23.6 Å². The summed E-state index contributed by atoms with van der Waals surface area (Å²) >= 11 is 0. The normalized spacial score (nSPS) is 17.5. The zero-order valence-electron chi connectivity index (χ0n) is 12.1. The van der Waals surface area contributed by atoms with Gasteiger partial charge >= 0.3 is 0 Å². The second-order valence-corrected chi connectivity index (χ2v) is 5.60. The predicted octanol–water partition coefficient (Wildman–Crippen LogP) is 2.33. The van der Waals surface area contributed by atoms with Gasteiger partial charge in [0.05, 0.1) is 5.69 Å². The van der Waals surface area contributed by atoms with Gasteiger partial charge in [0.25, 0.3) is 0 Å². The number of nitrogens with two attached hydrogens (primary N) is 1. The lowest BCUT2D eigenvalue weighted by molar-refractivity contribution is -0.124.